The Labute approximate surface area is 165 Å². The molecule has 0 aliphatic heterocycles. The summed E-state index contributed by atoms with van der Waals surface area (Å²) in [5, 5.41) is 14.4. The number of anilines is 2. The number of hydrogen-bond acceptors (Lipinski definition) is 8. The lowest BCUT2D eigenvalue weighted by Gasteiger charge is -2.09. The summed E-state index contributed by atoms with van der Waals surface area (Å²) >= 11 is 0. The molecule has 29 heavy (non-hydrogen) atoms. The van der Waals surface area contributed by atoms with Crippen molar-refractivity contribution in [2.24, 2.45) is 0 Å². The lowest BCUT2D eigenvalue weighted by atomic mass is 10.3. The minimum Gasteiger partial charge on any atom is -0.360 e. The molecule has 0 saturated carbocycles. The lowest BCUT2D eigenvalue weighted by molar-refractivity contribution is -0.385. The Kier molecular flexibility index (Phi) is 5.26. The number of nitrogens with zero attached hydrogens (tertiary/aromatic N) is 2. The Morgan fingerprint density at radius 1 is 0.931 bits per heavy atom. The van der Waals surface area contributed by atoms with Gasteiger partial charge in [0.05, 0.1) is 14.7 Å². The molecule has 0 bridgehead atoms. The summed E-state index contributed by atoms with van der Waals surface area (Å²) in [6.07, 6.45) is 0. The predicted octanol–water partition coefficient (Wildman–Crippen LogP) is 2.49. The normalized spacial score (nSPS) is 11.8. The summed E-state index contributed by atoms with van der Waals surface area (Å²) < 4.78 is 58.8. The highest BCUT2D eigenvalue weighted by atomic mass is 32.2. The number of hydrogen-bond donors (Lipinski definition) is 2. The molecule has 1 heterocycles. The van der Waals surface area contributed by atoms with Gasteiger partial charge >= 0.3 is 0 Å². The van der Waals surface area contributed by atoms with Gasteiger partial charge < -0.3 is 4.52 Å². The number of non-ortho nitro benzene ring substituents is 1. The van der Waals surface area contributed by atoms with E-state index in [1.54, 1.807) is 6.92 Å². The molecule has 0 spiro atoms. The summed E-state index contributed by atoms with van der Waals surface area (Å²) in [5.74, 6) is 0.437. The summed E-state index contributed by atoms with van der Waals surface area (Å²) in [4.78, 5) is 9.69. The molecule has 0 saturated heterocycles. The molecule has 0 fully saturated rings. The molecular weight excluding hydrogens is 424 g/mol. The quantitative estimate of drug-likeness (QED) is 0.420. The third-order valence-corrected chi connectivity index (χ3v) is 6.37. The van der Waals surface area contributed by atoms with Crippen molar-refractivity contribution in [1.82, 2.24) is 5.16 Å². The monoisotopic (exact) mass is 438 g/mol. The van der Waals surface area contributed by atoms with E-state index in [-0.39, 0.29) is 27.0 Å². The van der Waals surface area contributed by atoms with Gasteiger partial charge in [-0.05, 0) is 37.3 Å². The fourth-order valence-electron chi connectivity index (χ4n) is 2.29. The van der Waals surface area contributed by atoms with Crippen LogP contribution in [-0.4, -0.2) is 26.9 Å². The lowest BCUT2D eigenvalue weighted by Crippen LogP contribution is -2.15. The molecule has 0 radical (unpaired) electrons. The molecule has 1 aromatic heterocycles. The Morgan fingerprint density at radius 2 is 1.59 bits per heavy atom. The molecule has 13 heteroatoms. The predicted molar refractivity (Wildman–Crippen MR) is 102 cm³/mol. The van der Waals surface area contributed by atoms with Crippen molar-refractivity contribution in [2.45, 2.75) is 16.7 Å². The van der Waals surface area contributed by atoms with Crippen molar-refractivity contribution in [2.75, 3.05) is 9.44 Å². The molecule has 152 valence electrons. The van der Waals surface area contributed by atoms with Crippen LogP contribution >= 0.6 is 0 Å². The molecule has 2 aromatic carbocycles. The van der Waals surface area contributed by atoms with Crippen LogP contribution in [0.5, 0.6) is 0 Å². The Balaban J connectivity index is 1.79. The number of sulfonamides is 2. The van der Waals surface area contributed by atoms with Gasteiger partial charge in [-0.3, -0.25) is 19.6 Å². The van der Waals surface area contributed by atoms with Crippen molar-refractivity contribution < 1.29 is 26.3 Å². The summed E-state index contributed by atoms with van der Waals surface area (Å²) in [6.45, 7) is 1.60. The van der Waals surface area contributed by atoms with E-state index in [1.165, 1.54) is 48.5 Å². The van der Waals surface area contributed by atoms with E-state index in [2.05, 4.69) is 14.6 Å². The van der Waals surface area contributed by atoms with Crippen LogP contribution in [0.25, 0.3) is 0 Å². The molecule has 11 nitrogen and oxygen atoms in total. The topological polar surface area (TPSA) is 162 Å². The second-order valence-electron chi connectivity index (χ2n) is 5.81. The standard InChI is InChI=1S/C16H14N4O7S2/c1-11-9-16(17-27-11)19-28(23,24)14-7-5-12(6-8-14)18-29(25,26)15-4-2-3-13(10-15)20(21)22/h2-10,18H,1H3,(H,17,19). The third-order valence-electron chi connectivity index (χ3n) is 3.62. The van der Waals surface area contributed by atoms with E-state index in [0.29, 0.717) is 5.76 Å². The number of rotatable bonds is 7. The fraction of sp³-hybridized carbons (Fsp3) is 0.0625. The first-order valence-electron chi connectivity index (χ1n) is 7.90. The minimum atomic E-state index is -4.11. The maximum atomic E-state index is 12.4. The van der Waals surface area contributed by atoms with Crippen LogP contribution in [0.3, 0.4) is 0 Å². The highest BCUT2D eigenvalue weighted by Gasteiger charge is 2.19. The smallest absolute Gasteiger partial charge is 0.270 e. The molecule has 0 unspecified atom stereocenters. The highest BCUT2D eigenvalue weighted by molar-refractivity contribution is 7.93. The first-order valence-corrected chi connectivity index (χ1v) is 10.9. The number of nitro benzene ring substituents is 1. The number of aromatic nitrogens is 1. The van der Waals surface area contributed by atoms with Gasteiger partial charge in [0, 0.05) is 23.9 Å². The summed E-state index contributed by atoms with van der Waals surface area (Å²) in [5.41, 5.74) is -0.295. The summed E-state index contributed by atoms with van der Waals surface area (Å²) in [7, 11) is -8.06. The van der Waals surface area contributed by atoms with Crippen molar-refractivity contribution in [3.63, 3.8) is 0 Å². The second kappa shape index (κ2) is 7.52. The highest BCUT2D eigenvalue weighted by Crippen LogP contribution is 2.22. The molecule has 2 N–H and O–H groups in total. The van der Waals surface area contributed by atoms with Gasteiger partial charge in [-0.1, -0.05) is 11.2 Å². The maximum absolute atomic E-state index is 12.4. The zero-order valence-corrected chi connectivity index (χ0v) is 16.4. The largest absolute Gasteiger partial charge is 0.360 e. The first kappa shape index (κ1) is 20.3. The van der Waals surface area contributed by atoms with Crippen LogP contribution in [0.2, 0.25) is 0 Å². The number of benzene rings is 2. The van der Waals surface area contributed by atoms with E-state index in [9.17, 15) is 26.9 Å². The second-order valence-corrected chi connectivity index (χ2v) is 9.18. The Bertz CT molecular complexity index is 1270. The van der Waals surface area contributed by atoms with E-state index < -0.39 is 25.0 Å². The SMILES string of the molecule is Cc1cc(NS(=O)(=O)c2ccc(NS(=O)(=O)c3cccc([N+](=O)[O-])c3)cc2)no1. The van der Waals surface area contributed by atoms with Crippen molar-refractivity contribution in [3.05, 3.63) is 70.5 Å². The van der Waals surface area contributed by atoms with Crippen LogP contribution in [0.1, 0.15) is 5.76 Å². The van der Waals surface area contributed by atoms with Crippen LogP contribution in [0.4, 0.5) is 17.2 Å². The average molecular weight is 438 g/mol. The van der Waals surface area contributed by atoms with Gasteiger partial charge in [0.1, 0.15) is 5.76 Å². The van der Waals surface area contributed by atoms with E-state index in [4.69, 9.17) is 4.52 Å². The molecule has 0 aliphatic rings. The molecule has 3 rings (SSSR count). The average Bonchev–Trinajstić information content (AvgIpc) is 3.06. The van der Waals surface area contributed by atoms with Crippen molar-refractivity contribution in [1.29, 1.82) is 0 Å². The van der Waals surface area contributed by atoms with Gasteiger partial charge in [0.2, 0.25) is 0 Å². The maximum Gasteiger partial charge on any atom is 0.270 e. The molecule has 0 aliphatic carbocycles. The van der Waals surface area contributed by atoms with Gasteiger partial charge in [-0.15, -0.1) is 0 Å². The van der Waals surface area contributed by atoms with Gasteiger partial charge in [0.25, 0.3) is 25.7 Å². The molecular formula is C16H14N4O7S2. The van der Waals surface area contributed by atoms with Crippen molar-refractivity contribution >= 4 is 37.2 Å². The van der Waals surface area contributed by atoms with Gasteiger partial charge in [0.15, 0.2) is 5.82 Å². The Hall–Kier alpha value is -3.45. The van der Waals surface area contributed by atoms with Crippen LogP contribution in [-0.2, 0) is 20.0 Å². The number of nitro groups is 1. The van der Waals surface area contributed by atoms with Crippen LogP contribution in [0, 0.1) is 17.0 Å². The van der Waals surface area contributed by atoms with Gasteiger partial charge in [-0.2, -0.15) is 0 Å². The third kappa shape index (κ3) is 4.70. The van der Waals surface area contributed by atoms with Crippen molar-refractivity contribution in [3.8, 4) is 0 Å². The van der Waals surface area contributed by atoms with E-state index in [1.807, 2.05) is 0 Å². The zero-order chi connectivity index (χ0) is 21.2. The first-order chi connectivity index (χ1) is 13.6. The minimum absolute atomic E-state index is 0.0120. The Morgan fingerprint density at radius 3 is 2.17 bits per heavy atom. The summed E-state index contributed by atoms with van der Waals surface area (Å²) in [6, 6.07) is 10.8. The van der Waals surface area contributed by atoms with E-state index in [0.717, 1.165) is 6.07 Å². The fourth-order valence-corrected chi connectivity index (χ4v) is 4.37. The molecule has 3 aromatic rings. The van der Waals surface area contributed by atoms with E-state index >= 15 is 0 Å². The van der Waals surface area contributed by atoms with Gasteiger partial charge in [-0.25, -0.2) is 16.8 Å². The molecule has 0 amide bonds. The van der Waals surface area contributed by atoms with Crippen LogP contribution in [0.15, 0.2) is 68.9 Å². The zero-order valence-electron chi connectivity index (χ0n) is 14.8. The van der Waals surface area contributed by atoms with Crippen LogP contribution < -0.4 is 9.44 Å². The number of nitrogens with one attached hydrogen (secondary N) is 2. The molecule has 0 atom stereocenters. The number of aryl methyl sites for hydroxylation is 1.